The van der Waals surface area contributed by atoms with Crippen LogP contribution in [0.15, 0.2) is 107 Å². The molecule has 0 amide bonds. The molecule has 0 bridgehead atoms. The first kappa shape index (κ1) is 33.3. The van der Waals surface area contributed by atoms with E-state index in [-0.39, 0.29) is 33.4 Å². The van der Waals surface area contributed by atoms with Gasteiger partial charge in [0.1, 0.15) is 5.57 Å². The number of carbonyl (C=O) groups excluding carboxylic acids is 2. The molecular weight excluding hydrogens is 633 g/mol. The number of hydrogen-bond acceptors (Lipinski definition) is 6. The first-order chi connectivity index (χ1) is 23.8. The maximum atomic E-state index is 14.0. The molecule has 6 heteroatoms. The number of carbonyl (C=O) groups is 2. The Morgan fingerprint density at radius 1 is 0.627 bits per heavy atom. The van der Waals surface area contributed by atoms with Crippen LogP contribution < -0.4 is 9.80 Å². The minimum absolute atomic E-state index is 0.180. The van der Waals surface area contributed by atoms with Crippen LogP contribution in [-0.2, 0) is 29.9 Å². The van der Waals surface area contributed by atoms with E-state index in [1.165, 1.54) is 28.1 Å². The number of ether oxygens (including phenoxy) is 2. The molecule has 6 nitrogen and oxygen atoms in total. The normalized spacial score (nSPS) is 23.1. The van der Waals surface area contributed by atoms with Crippen molar-refractivity contribution in [1.29, 1.82) is 0 Å². The van der Waals surface area contributed by atoms with Gasteiger partial charge in [0.05, 0.1) is 5.57 Å². The average Bonchev–Trinajstić information content (AvgIpc) is 3.52. The summed E-state index contributed by atoms with van der Waals surface area (Å²) in [6, 6.07) is 23.3. The first-order valence-electron chi connectivity index (χ1n) is 18.1. The molecule has 4 heterocycles. The van der Waals surface area contributed by atoms with Crippen molar-refractivity contribution >= 4 is 34.6 Å². The van der Waals surface area contributed by atoms with E-state index in [0.29, 0.717) is 23.1 Å². The highest BCUT2D eigenvalue weighted by Gasteiger charge is 2.53. The van der Waals surface area contributed by atoms with E-state index in [9.17, 15) is 9.59 Å². The van der Waals surface area contributed by atoms with Gasteiger partial charge in [0.25, 0.3) is 0 Å². The summed E-state index contributed by atoms with van der Waals surface area (Å²) in [5, 5.41) is 0. The van der Waals surface area contributed by atoms with Gasteiger partial charge in [0.15, 0.2) is 11.5 Å². The summed E-state index contributed by atoms with van der Waals surface area (Å²) in [6.45, 7) is 24.4. The minimum atomic E-state index is -0.759. The molecule has 3 aromatic rings. The molecule has 1 aliphatic carbocycles. The van der Waals surface area contributed by atoms with Crippen molar-refractivity contribution in [2.75, 3.05) is 9.80 Å². The van der Waals surface area contributed by atoms with Crippen LogP contribution in [0.5, 0.6) is 0 Å². The van der Waals surface area contributed by atoms with Gasteiger partial charge in [0.2, 0.25) is 0 Å². The smallest absolute Gasteiger partial charge is 0.348 e. The summed E-state index contributed by atoms with van der Waals surface area (Å²) in [5.74, 6) is -0.494. The van der Waals surface area contributed by atoms with E-state index in [2.05, 4.69) is 159 Å². The third-order valence-corrected chi connectivity index (χ3v) is 11.7. The molecule has 1 unspecified atom stereocenters. The second-order valence-corrected chi connectivity index (χ2v) is 18.0. The molecule has 8 rings (SSSR count). The lowest BCUT2D eigenvalue weighted by Crippen LogP contribution is -2.48. The maximum Gasteiger partial charge on any atom is 0.348 e. The molecule has 0 saturated carbocycles. The van der Waals surface area contributed by atoms with Crippen LogP contribution >= 0.6 is 0 Å². The van der Waals surface area contributed by atoms with Gasteiger partial charge in [0, 0.05) is 50.1 Å². The molecule has 1 atom stereocenters. The van der Waals surface area contributed by atoms with Gasteiger partial charge in [-0.3, -0.25) is 0 Å². The molecule has 4 aliphatic heterocycles. The van der Waals surface area contributed by atoms with Crippen molar-refractivity contribution in [2.24, 2.45) is 5.41 Å². The lowest BCUT2D eigenvalue weighted by molar-refractivity contribution is -0.134. The Kier molecular flexibility index (Phi) is 6.77. The van der Waals surface area contributed by atoms with Crippen molar-refractivity contribution in [3.05, 3.63) is 129 Å². The van der Waals surface area contributed by atoms with Gasteiger partial charge in [-0.25, -0.2) is 9.59 Å². The lowest BCUT2D eigenvalue weighted by atomic mass is 9.63. The van der Waals surface area contributed by atoms with E-state index >= 15 is 0 Å². The molecule has 262 valence electrons. The van der Waals surface area contributed by atoms with Gasteiger partial charge in [-0.05, 0) is 106 Å². The van der Waals surface area contributed by atoms with Crippen LogP contribution in [0, 0.1) is 5.41 Å². The summed E-state index contributed by atoms with van der Waals surface area (Å²) in [4.78, 5) is 32.6. The van der Waals surface area contributed by atoms with Gasteiger partial charge >= 0.3 is 11.9 Å². The van der Waals surface area contributed by atoms with Gasteiger partial charge in [-0.15, -0.1) is 0 Å². The van der Waals surface area contributed by atoms with Crippen LogP contribution in [-0.4, -0.2) is 23.0 Å². The number of hydrogen-bond donors (Lipinski definition) is 0. The van der Waals surface area contributed by atoms with Gasteiger partial charge in [-0.1, -0.05) is 83.2 Å². The molecule has 0 fully saturated rings. The van der Waals surface area contributed by atoms with E-state index in [4.69, 9.17) is 9.47 Å². The third-order valence-electron chi connectivity index (χ3n) is 11.7. The van der Waals surface area contributed by atoms with E-state index in [0.717, 1.165) is 16.9 Å². The summed E-state index contributed by atoms with van der Waals surface area (Å²) >= 11 is 0. The fourth-order valence-corrected chi connectivity index (χ4v) is 9.23. The standard InChI is InChI=1S/C45H48N2O4/c1-41(2,3)46-31-18-14-12-16-27(31)43(7,8)29-24-26(20-21-33(29)46)35-37-38(51-39(35)48)36(40(49)50-37)45(11)23-22-34-30(25-45)44(9,10)28-17-13-15-19-32(28)47(34)42(4,5)6/h12-24H,25H2,1-11H3. The maximum absolute atomic E-state index is 14.0. The van der Waals surface area contributed by atoms with Gasteiger partial charge < -0.3 is 19.3 Å². The Morgan fingerprint density at radius 3 is 1.80 bits per heavy atom. The fourth-order valence-electron chi connectivity index (χ4n) is 9.23. The van der Waals surface area contributed by atoms with Crippen LogP contribution in [0.3, 0.4) is 0 Å². The monoisotopic (exact) mass is 680 g/mol. The minimum Gasteiger partial charge on any atom is -0.418 e. The average molecular weight is 681 g/mol. The predicted molar refractivity (Wildman–Crippen MR) is 204 cm³/mol. The van der Waals surface area contributed by atoms with Crippen LogP contribution in [0.4, 0.5) is 17.1 Å². The lowest BCUT2D eigenvalue weighted by Gasteiger charge is -2.51. The molecule has 3 aromatic carbocycles. The molecule has 0 aromatic heterocycles. The first-order valence-corrected chi connectivity index (χ1v) is 18.1. The summed E-state index contributed by atoms with van der Waals surface area (Å²) in [6.07, 6.45) is 4.84. The van der Waals surface area contributed by atoms with Crippen molar-refractivity contribution < 1.29 is 19.1 Å². The molecule has 0 N–H and O–H groups in total. The Morgan fingerprint density at radius 2 is 1.18 bits per heavy atom. The number of allylic oxidation sites excluding steroid dienone is 3. The number of rotatable bonds is 2. The summed E-state index contributed by atoms with van der Waals surface area (Å²) in [7, 11) is 0. The van der Waals surface area contributed by atoms with Crippen LogP contribution in [0.1, 0.15) is 105 Å². The Balaban J connectivity index is 1.24. The quantitative estimate of drug-likeness (QED) is 0.251. The van der Waals surface area contributed by atoms with E-state index in [1.54, 1.807) is 0 Å². The predicted octanol–water partition coefficient (Wildman–Crippen LogP) is 10.2. The van der Waals surface area contributed by atoms with E-state index in [1.807, 2.05) is 6.07 Å². The number of para-hydroxylation sites is 2. The topological polar surface area (TPSA) is 59.1 Å². The SMILES string of the molecule is CC1(C2=C3OC(=O)C(c4ccc5c(c4)C(C)(C)c4ccccc4N5C(C)(C)C)=C3OC2=O)C=CC2=C(C1)C(C)(C)c1ccccc1N2C(C)(C)C. The molecule has 0 radical (unpaired) electrons. The molecule has 0 saturated heterocycles. The Labute approximate surface area is 302 Å². The van der Waals surface area contributed by atoms with Gasteiger partial charge in [-0.2, -0.15) is 0 Å². The van der Waals surface area contributed by atoms with Crippen molar-refractivity contribution in [3.8, 4) is 0 Å². The summed E-state index contributed by atoms with van der Waals surface area (Å²) in [5.41, 5.74) is 9.04. The van der Waals surface area contributed by atoms with Crippen molar-refractivity contribution in [2.45, 2.75) is 104 Å². The number of benzene rings is 3. The molecule has 0 spiro atoms. The van der Waals surface area contributed by atoms with Crippen molar-refractivity contribution in [1.82, 2.24) is 0 Å². The number of nitrogens with zero attached hydrogens (tertiary/aromatic N) is 2. The summed E-state index contributed by atoms with van der Waals surface area (Å²) < 4.78 is 12.1. The Hall–Kier alpha value is -4.84. The number of fused-ring (bicyclic) bond motifs is 4. The van der Waals surface area contributed by atoms with E-state index < -0.39 is 17.4 Å². The second kappa shape index (κ2) is 10.4. The zero-order valence-electron chi connectivity index (χ0n) is 31.7. The molecule has 5 aliphatic rings. The highest BCUT2D eigenvalue weighted by Crippen LogP contribution is 2.58. The van der Waals surface area contributed by atoms with Crippen molar-refractivity contribution in [3.63, 3.8) is 0 Å². The third kappa shape index (κ3) is 4.60. The fraction of sp³-hybridized carbons (Fsp3) is 0.378. The van der Waals surface area contributed by atoms with Crippen LogP contribution in [0.25, 0.3) is 5.57 Å². The number of esters is 2. The Bertz CT molecular complexity index is 2210. The largest absolute Gasteiger partial charge is 0.418 e. The second-order valence-electron chi connectivity index (χ2n) is 18.0. The number of anilines is 3. The zero-order valence-corrected chi connectivity index (χ0v) is 31.7. The zero-order chi connectivity index (χ0) is 36.6. The van der Waals surface area contributed by atoms with Crippen LogP contribution in [0.2, 0.25) is 0 Å². The highest BCUT2D eigenvalue weighted by molar-refractivity contribution is 6.23. The molecule has 51 heavy (non-hydrogen) atoms. The highest BCUT2D eigenvalue weighted by atomic mass is 16.6. The molecular formula is C45H48N2O4.